The van der Waals surface area contributed by atoms with Crippen molar-refractivity contribution in [3.63, 3.8) is 0 Å². The first-order chi connectivity index (χ1) is 4.47. The zero-order valence-electron chi connectivity index (χ0n) is 5.81. The van der Waals surface area contributed by atoms with Crippen molar-refractivity contribution in [2.45, 2.75) is 25.7 Å². The van der Waals surface area contributed by atoms with E-state index in [4.69, 9.17) is 4.74 Å². The maximum absolute atomic E-state index is 5.15. The number of ether oxygens (including phenoxy) is 1. The SMILES string of the molecule is C1CCC(C2COC2)C1. The summed E-state index contributed by atoms with van der Waals surface area (Å²) in [4.78, 5) is 0. The van der Waals surface area contributed by atoms with Crippen molar-refractivity contribution < 1.29 is 4.74 Å². The lowest BCUT2D eigenvalue weighted by atomic mass is 9.90. The first kappa shape index (κ1) is 5.72. The molecule has 0 amide bonds. The maximum atomic E-state index is 5.15. The van der Waals surface area contributed by atoms with Crippen LogP contribution in [0.2, 0.25) is 0 Å². The van der Waals surface area contributed by atoms with Gasteiger partial charge in [-0.25, -0.2) is 0 Å². The van der Waals surface area contributed by atoms with Crippen LogP contribution in [-0.4, -0.2) is 13.2 Å². The van der Waals surface area contributed by atoms with Crippen molar-refractivity contribution in [3.05, 3.63) is 0 Å². The Hall–Kier alpha value is -0.0400. The summed E-state index contributed by atoms with van der Waals surface area (Å²) in [7, 11) is 0. The zero-order chi connectivity index (χ0) is 6.10. The fourth-order valence-electron chi connectivity index (χ4n) is 1.95. The highest BCUT2D eigenvalue weighted by Gasteiger charge is 2.29. The molecule has 0 unspecified atom stereocenters. The smallest absolute Gasteiger partial charge is 0.0519 e. The average Bonchev–Trinajstić information content (AvgIpc) is 2.11. The van der Waals surface area contributed by atoms with E-state index >= 15 is 0 Å². The van der Waals surface area contributed by atoms with Crippen LogP contribution in [0.5, 0.6) is 0 Å². The summed E-state index contributed by atoms with van der Waals surface area (Å²) in [6.45, 7) is 2.12. The molecule has 0 aromatic rings. The van der Waals surface area contributed by atoms with E-state index in [1.165, 1.54) is 25.7 Å². The molecule has 0 radical (unpaired) electrons. The number of hydrogen-bond donors (Lipinski definition) is 0. The monoisotopic (exact) mass is 126 g/mol. The lowest BCUT2D eigenvalue weighted by molar-refractivity contribution is -0.0592. The first-order valence-electron chi connectivity index (χ1n) is 4.04. The molecule has 0 N–H and O–H groups in total. The van der Waals surface area contributed by atoms with E-state index in [-0.39, 0.29) is 0 Å². The summed E-state index contributed by atoms with van der Waals surface area (Å²) in [6, 6.07) is 0. The Morgan fingerprint density at radius 1 is 0.889 bits per heavy atom. The summed E-state index contributed by atoms with van der Waals surface area (Å²) < 4.78 is 5.15. The van der Waals surface area contributed by atoms with Crippen LogP contribution in [0, 0.1) is 11.8 Å². The summed E-state index contributed by atoms with van der Waals surface area (Å²) in [5.41, 5.74) is 0. The van der Waals surface area contributed by atoms with Gasteiger partial charge >= 0.3 is 0 Å². The van der Waals surface area contributed by atoms with Crippen LogP contribution in [-0.2, 0) is 4.74 Å². The van der Waals surface area contributed by atoms with Gasteiger partial charge in [0.25, 0.3) is 0 Å². The molecule has 1 saturated carbocycles. The van der Waals surface area contributed by atoms with Crippen molar-refractivity contribution in [2.75, 3.05) is 13.2 Å². The van der Waals surface area contributed by atoms with Crippen LogP contribution in [0.1, 0.15) is 25.7 Å². The summed E-state index contributed by atoms with van der Waals surface area (Å²) in [5, 5.41) is 0. The summed E-state index contributed by atoms with van der Waals surface area (Å²) in [6.07, 6.45) is 5.91. The maximum Gasteiger partial charge on any atom is 0.0519 e. The van der Waals surface area contributed by atoms with E-state index in [2.05, 4.69) is 0 Å². The molecule has 1 aliphatic carbocycles. The molecule has 0 atom stereocenters. The minimum atomic E-state index is 0.951. The van der Waals surface area contributed by atoms with Gasteiger partial charge in [0.2, 0.25) is 0 Å². The van der Waals surface area contributed by atoms with Crippen molar-refractivity contribution >= 4 is 0 Å². The van der Waals surface area contributed by atoms with Gasteiger partial charge in [-0.3, -0.25) is 0 Å². The predicted octanol–water partition coefficient (Wildman–Crippen LogP) is 1.82. The second-order valence-corrected chi connectivity index (χ2v) is 3.34. The highest BCUT2D eigenvalue weighted by Crippen LogP contribution is 2.34. The van der Waals surface area contributed by atoms with Crippen molar-refractivity contribution in [3.8, 4) is 0 Å². The summed E-state index contributed by atoms with van der Waals surface area (Å²) >= 11 is 0. The Balaban J connectivity index is 1.82. The number of hydrogen-bond acceptors (Lipinski definition) is 1. The second kappa shape index (κ2) is 2.30. The molecule has 0 bridgehead atoms. The van der Waals surface area contributed by atoms with Gasteiger partial charge in [0, 0.05) is 5.92 Å². The molecular formula is C8H14O. The molecule has 52 valence electrons. The molecule has 2 rings (SSSR count). The highest BCUT2D eigenvalue weighted by molar-refractivity contribution is 4.78. The van der Waals surface area contributed by atoms with Crippen LogP contribution in [0.4, 0.5) is 0 Å². The lowest BCUT2D eigenvalue weighted by Gasteiger charge is -2.31. The van der Waals surface area contributed by atoms with Gasteiger partial charge < -0.3 is 4.74 Å². The highest BCUT2D eigenvalue weighted by atomic mass is 16.5. The first-order valence-corrected chi connectivity index (χ1v) is 4.04. The number of rotatable bonds is 1. The second-order valence-electron chi connectivity index (χ2n) is 3.34. The molecule has 1 heteroatoms. The van der Waals surface area contributed by atoms with E-state index in [1.54, 1.807) is 0 Å². The Morgan fingerprint density at radius 3 is 2.00 bits per heavy atom. The van der Waals surface area contributed by atoms with Gasteiger partial charge in [-0.1, -0.05) is 25.7 Å². The zero-order valence-corrected chi connectivity index (χ0v) is 5.81. The van der Waals surface area contributed by atoms with Gasteiger partial charge in [0.05, 0.1) is 13.2 Å². The van der Waals surface area contributed by atoms with E-state index in [9.17, 15) is 0 Å². The quantitative estimate of drug-likeness (QED) is 0.520. The van der Waals surface area contributed by atoms with E-state index < -0.39 is 0 Å². The molecule has 2 fully saturated rings. The van der Waals surface area contributed by atoms with Gasteiger partial charge in [0.15, 0.2) is 0 Å². The predicted molar refractivity (Wildman–Crippen MR) is 36.3 cm³/mol. The molecule has 0 aromatic carbocycles. The minimum absolute atomic E-state index is 0.951. The van der Waals surface area contributed by atoms with Crippen molar-refractivity contribution in [1.82, 2.24) is 0 Å². The molecule has 1 nitrogen and oxygen atoms in total. The topological polar surface area (TPSA) is 9.23 Å². The van der Waals surface area contributed by atoms with Crippen LogP contribution >= 0.6 is 0 Å². The normalized spacial score (nSPS) is 30.7. The fourth-order valence-corrected chi connectivity index (χ4v) is 1.95. The van der Waals surface area contributed by atoms with Gasteiger partial charge in [-0.05, 0) is 5.92 Å². The molecule has 0 aromatic heterocycles. The largest absolute Gasteiger partial charge is 0.381 e. The molecule has 0 spiro atoms. The van der Waals surface area contributed by atoms with Crippen LogP contribution in [0.25, 0.3) is 0 Å². The third-order valence-electron chi connectivity index (χ3n) is 2.73. The van der Waals surface area contributed by atoms with Gasteiger partial charge in [0.1, 0.15) is 0 Å². The average molecular weight is 126 g/mol. The van der Waals surface area contributed by atoms with Crippen molar-refractivity contribution in [1.29, 1.82) is 0 Å². The van der Waals surface area contributed by atoms with Crippen molar-refractivity contribution in [2.24, 2.45) is 11.8 Å². The molecule has 1 aliphatic heterocycles. The Kier molecular flexibility index (Phi) is 1.46. The van der Waals surface area contributed by atoms with Crippen LogP contribution in [0.3, 0.4) is 0 Å². The van der Waals surface area contributed by atoms with E-state index in [0.29, 0.717) is 0 Å². The van der Waals surface area contributed by atoms with Gasteiger partial charge in [-0.15, -0.1) is 0 Å². The third kappa shape index (κ3) is 0.983. The summed E-state index contributed by atoms with van der Waals surface area (Å²) in [5.74, 6) is 1.99. The van der Waals surface area contributed by atoms with E-state index in [1.807, 2.05) is 0 Å². The van der Waals surface area contributed by atoms with E-state index in [0.717, 1.165) is 25.0 Å². The minimum Gasteiger partial charge on any atom is -0.381 e. The standard InChI is InChI=1S/C8H14O/c1-2-4-7(3-1)8-5-9-6-8/h7-8H,1-6H2. The third-order valence-corrected chi connectivity index (χ3v) is 2.73. The molecule has 2 aliphatic rings. The molecule has 1 heterocycles. The Bertz CT molecular complexity index is 90.7. The van der Waals surface area contributed by atoms with Crippen LogP contribution in [0.15, 0.2) is 0 Å². The fraction of sp³-hybridized carbons (Fsp3) is 1.00. The molecule has 1 saturated heterocycles. The Morgan fingerprint density at radius 2 is 1.56 bits per heavy atom. The van der Waals surface area contributed by atoms with Gasteiger partial charge in [-0.2, -0.15) is 0 Å². The Labute approximate surface area is 56.4 Å². The van der Waals surface area contributed by atoms with Crippen LogP contribution < -0.4 is 0 Å². The molecular weight excluding hydrogens is 112 g/mol. The molecule has 9 heavy (non-hydrogen) atoms. The lowest BCUT2D eigenvalue weighted by Crippen LogP contribution is -2.32.